The maximum atomic E-state index is 12.9. The van der Waals surface area contributed by atoms with Crippen LogP contribution in [0.25, 0.3) is 0 Å². The smallest absolute Gasteiger partial charge is 0.230 e. The van der Waals surface area contributed by atoms with Gasteiger partial charge in [0.05, 0.1) is 11.8 Å². The fourth-order valence-corrected chi connectivity index (χ4v) is 2.83. The van der Waals surface area contributed by atoms with Gasteiger partial charge in [0, 0.05) is 28.2 Å². The Balaban J connectivity index is 2.60. The van der Waals surface area contributed by atoms with Crippen LogP contribution in [0.3, 0.4) is 0 Å². The van der Waals surface area contributed by atoms with Gasteiger partial charge in [0.1, 0.15) is 0 Å². The lowest BCUT2D eigenvalue weighted by atomic mass is 9.79. The number of carbonyl (C=O) groups is 2. The fourth-order valence-electron chi connectivity index (χ4n) is 2.83. The van der Waals surface area contributed by atoms with Crippen LogP contribution in [-0.2, 0) is 9.59 Å². The summed E-state index contributed by atoms with van der Waals surface area (Å²) in [5, 5.41) is 0. The van der Waals surface area contributed by atoms with Gasteiger partial charge in [0.25, 0.3) is 0 Å². The predicted octanol–water partition coefficient (Wildman–Crippen LogP) is 2.73. The van der Waals surface area contributed by atoms with Crippen molar-refractivity contribution in [2.24, 2.45) is 0 Å². The number of likely N-dealkylation sites (N-methyl/N-ethyl adjacent to an activating group) is 2. The summed E-state index contributed by atoms with van der Waals surface area (Å²) in [4.78, 5) is 29.0. The van der Waals surface area contributed by atoms with Gasteiger partial charge in [-0.3, -0.25) is 9.59 Å². The van der Waals surface area contributed by atoms with Crippen LogP contribution >= 0.6 is 0 Å². The Hall–Kier alpha value is -2.62. The van der Waals surface area contributed by atoms with Gasteiger partial charge in [-0.25, -0.2) is 0 Å². The minimum atomic E-state index is -0.557. The average Bonchev–Trinajstić information content (AvgIpc) is 2.59. The molecule has 126 valence electrons. The lowest BCUT2D eigenvalue weighted by Crippen LogP contribution is -2.38. The SMILES string of the molecule is CN(C)C(=O)[C@H](c1ccccc1)[C@H](C(=O)N(C)C)c1ccccc1. The summed E-state index contributed by atoms with van der Waals surface area (Å²) in [7, 11) is 6.89. The van der Waals surface area contributed by atoms with E-state index in [1.165, 1.54) is 0 Å². The van der Waals surface area contributed by atoms with Gasteiger partial charge in [-0.2, -0.15) is 0 Å². The number of hydrogen-bond acceptors (Lipinski definition) is 2. The van der Waals surface area contributed by atoms with E-state index >= 15 is 0 Å². The molecule has 0 bridgehead atoms. The first-order valence-corrected chi connectivity index (χ1v) is 7.95. The van der Waals surface area contributed by atoms with Crippen LogP contribution in [0.2, 0.25) is 0 Å². The molecule has 0 radical (unpaired) electrons. The number of hydrogen-bond donors (Lipinski definition) is 0. The number of carbonyl (C=O) groups excluding carboxylic acids is 2. The largest absolute Gasteiger partial charge is 0.348 e. The van der Waals surface area contributed by atoms with E-state index in [0.717, 1.165) is 11.1 Å². The lowest BCUT2D eigenvalue weighted by Gasteiger charge is -2.30. The standard InChI is InChI=1S/C20H24N2O2/c1-21(2)19(23)17(15-11-7-5-8-12-15)18(20(24)22(3)4)16-13-9-6-10-14-16/h5-14,17-18H,1-4H3/t17-,18-/m1/s1. The van der Waals surface area contributed by atoms with E-state index in [1.807, 2.05) is 60.7 Å². The van der Waals surface area contributed by atoms with Crippen LogP contribution in [-0.4, -0.2) is 49.8 Å². The number of rotatable bonds is 5. The average molecular weight is 324 g/mol. The molecule has 0 heterocycles. The quantitative estimate of drug-likeness (QED) is 0.848. The second-order valence-corrected chi connectivity index (χ2v) is 6.24. The summed E-state index contributed by atoms with van der Waals surface area (Å²) in [6.07, 6.45) is 0. The van der Waals surface area contributed by atoms with E-state index in [2.05, 4.69) is 0 Å². The fraction of sp³-hybridized carbons (Fsp3) is 0.300. The molecule has 4 nitrogen and oxygen atoms in total. The van der Waals surface area contributed by atoms with Crippen molar-refractivity contribution in [3.05, 3.63) is 71.8 Å². The Labute approximate surface area is 143 Å². The number of benzene rings is 2. The second-order valence-electron chi connectivity index (χ2n) is 6.24. The van der Waals surface area contributed by atoms with Crippen molar-refractivity contribution < 1.29 is 9.59 Å². The lowest BCUT2D eigenvalue weighted by molar-refractivity contribution is -0.137. The molecule has 0 saturated carbocycles. The van der Waals surface area contributed by atoms with Gasteiger partial charge in [0.15, 0.2) is 0 Å². The van der Waals surface area contributed by atoms with E-state index < -0.39 is 11.8 Å². The highest BCUT2D eigenvalue weighted by Crippen LogP contribution is 2.35. The van der Waals surface area contributed by atoms with Crippen molar-refractivity contribution in [3.8, 4) is 0 Å². The highest BCUT2D eigenvalue weighted by atomic mass is 16.2. The maximum Gasteiger partial charge on any atom is 0.230 e. The third kappa shape index (κ3) is 3.82. The third-order valence-electron chi connectivity index (χ3n) is 4.06. The monoisotopic (exact) mass is 324 g/mol. The molecule has 24 heavy (non-hydrogen) atoms. The molecule has 2 rings (SSSR count). The van der Waals surface area contributed by atoms with E-state index in [1.54, 1.807) is 38.0 Å². The Kier molecular flexibility index (Phi) is 5.74. The predicted molar refractivity (Wildman–Crippen MR) is 95.8 cm³/mol. The van der Waals surface area contributed by atoms with Crippen LogP contribution in [0.4, 0.5) is 0 Å². The topological polar surface area (TPSA) is 40.6 Å². The zero-order chi connectivity index (χ0) is 17.7. The number of nitrogens with zero attached hydrogens (tertiary/aromatic N) is 2. The van der Waals surface area contributed by atoms with Crippen molar-refractivity contribution in [2.45, 2.75) is 11.8 Å². The summed E-state index contributed by atoms with van der Waals surface area (Å²) in [5.74, 6) is -1.27. The molecule has 0 aromatic heterocycles. The van der Waals surface area contributed by atoms with Crippen molar-refractivity contribution >= 4 is 11.8 Å². The summed E-state index contributed by atoms with van der Waals surface area (Å²) in [6.45, 7) is 0. The van der Waals surface area contributed by atoms with Crippen LogP contribution < -0.4 is 0 Å². The molecular formula is C20H24N2O2. The maximum absolute atomic E-state index is 12.9. The molecule has 0 spiro atoms. The second kappa shape index (κ2) is 7.77. The van der Waals surface area contributed by atoms with E-state index in [-0.39, 0.29) is 11.8 Å². The molecule has 0 aliphatic heterocycles. The molecule has 2 atom stereocenters. The summed E-state index contributed by atoms with van der Waals surface area (Å²) in [6, 6.07) is 19.0. The molecule has 0 N–H and O–H groups in total. The molecule has 4 heteroatoms. The van der Waals surface area contributed by atoms with Gasteiger partial charge in [-0.15, -0.1) is 0 Å². The van der Waals surface area contributed by atoms with Gasteiger partial charge in [0.2, 0.25) is 11.8 Å². The molecule has 0 saturated heterocycles. The minimum Gasteiger partial charge on any atom is -0.348 e. The van der Waals surface area contributed by atoms with Crippen LogP contribution in [0.15, 0.2) is 60.7 Å². The van der Waals surface area contributed by atoms with Crippen molar-refractivity contribution in [1.29, 1.82) is 0 Å². The van der Waals surface area contributed by atoms with Crippen LogP contribution in [0.5, 0.6) is 0 Å². The summed E-state index contributed by atoms with van der Waals surface area (Å²) >= 11 is 0. The van der Waals surface area contributed by atoms with E-state index in [9.17, 15) is 9.59 Å². The normalized spacial score (nSPS) is 13.0. The molecule has 2 amide bonds. The Morgan fingerprint density at radius 3 is 1.17 bits per heavy atom. The summed E-state index contributed by atoms with van der Waals surface area (Å²) in [5.41, 5.74) is 1.69. The Bertz CT molecular complexity index is 620. The molecule has 0 aliphatic rings. The van der Waals surface area contributed by atoms with E-state index in [4.69, 9.17) is 0 Å². The molecule has 0 unspecified atom stereocenters. The number of amides is 2. The van der Waals surface area contributed by atoms with Gasteiger partial charge >= 0.3 is 0 Å². The summed E-state index contributed by atoms with van der Waals surface area (Å²) < 4.78 is 0. The zero-order valence-corrected chi connectivity index (χ0v) is 14.6. The molecular weight excluding hydrogens is 300 g/mol. The van der Waals surface area contributed by atoms with E-state index in [0.29, 0.717) is 0 Å². The van der Waals surface area contributed by atoms with Gasteiger partial charge < -0.3 is 9.80 Å². The zero-order valence-electron chi connectivity index (χ0n) is 14.6. The molecule has 0 fully saturated rings. The molecule has 2 aromatic rings. The highest BCUT2D eigenvalue weighted by Gasteiger charge is 2.37. The van der Waals surface area contributed by atoms with Crippen LogP contribution in [0, 0.1) is 0 Å². The van der Waals surface area contributed by atoms with Crippen molar-refractivity contribution in [3.63, 3.8) is 0 Å². The Morgan fingerprint density at radius 1 is 0.625 bits per heavy atom. The van der Waals surface area contributed by atoms with Gasteiger partial charge in [-0.1, -0.05) is 60.7 Å². The minimum absolute atomic E-state index is 0.0785. The Morgan fingerprint density at radius 2 is 0.917 bits per heavy atom. The molecule has 2 aromatic carbocycles. The highest BCUT2D eigenvalue weighted by molar-refractivity contribution is 5.94. The van der Waals surface area contributed by atoms with Crippen molar-refractivity contribution in [1.82, 2.24) is 9.80 Å². The third-order valence-corrected chi connectivity index (χ3v) is 4.06. The first-order chi connectivity index (χ1) is 11.4. The van der Waals surface area contributed by atoms with Gasteiger partial charge in [-0.05, 0) is 11.1 Å². The first-order valence-electron chi connectivity index (χ1n) is 7.95. The van der Waals surface area contributed by atoms with Crippen molar-refractivity contribution in [2.75, 3.05) is 28.2 Å². The van der Waals surface area contributed by atoms with Crippen LogP contribution in [0.1, 0.15) is 23.0 Å². The first kappa shape index (κ1) is 17.7. The molecule has 0 aliphatic carbocycles.